The van der Waals surface area contributed by atoms with Gasteiger partial charge in [-0.3, -0.25) is 0 Å². The third kappa shape index (κ3) is 7.79. The zero-order valence-electron chi connectivity index (χ0n) is 10.9. The number of nitrogens with one attached hydrogen (secondary N) is 1. The molecule has 0 amide bonds. The van der Waals surface area contributed by atoms with Gasteiger partial charge >= 0.3 is 0 Å². The molecular formula is C13H23NO3S. The van der Waals surface area contributed by atoms with Crippen LogP contribution in [0, 0.1) is 0 Å². The summed E-state index contributed by atoms with van der Waals surface area (Å²) >= 11 is 1.67. The topological polar surface area (TPSA) is 50.7 Å². The zero-order valence-corrected chi connectivity index (χ0v) is 11.7. The van der Waals surface area contributed by atoms with Crippen LogP contribution in [0.1, 0.15) is 18.2 Å². The SMILES string of the molecule is CCOCCCNCC(O)COCc1cccs1. The maximum Gasteiger partial charge on any atom is 0.0897 e. The number of thiophene rings is 1. The lowest BCUT2D eigenvalue weighted by atomic mass is 10.3. The normalized spacial score (nSPS) is 12.8. The van der Waals surface area contributed by atoms with E-state index in [0.717, 1.165) is 26.2 Å². The highest BCUT2D eigenvalue weighted by molar-refractivity contribution is 7.09. The second-order valence-corrected chi connectivity index (χ2v) is 5.04. The Balaban J connectivity index is 1.89. The van der Waals surface area contributed by atoms with Crippen molar-refractivity contribution in [2.75, 3.05) is 32.9 Å². The van der Waals surface area contributed by atoms with Gasteiger partial charge in [0, 0.05) is 24.6 Å². The predicted molar refractivity (Wildman–Crippen MR) is 74.0 cm³/mol. The minimum absolute atomic E-state index is 0.371. The number of hydrogen-bond donors (Lipinski definition) is 2. The third-order valence-corrected chi connectivity index (χ3v) is 3.21. The molecule has 5 heteroatoms. The number of ether oxygens (including phenoxy) is 2. The third-order valence-electron chi connectivity index (χ3n) is 2.36. The first-order valence-electron chi connectivity index (χ1n) is 6.39. The van der Waals surface area contributed by atoms with Crippen molar-refractivity contribution in [2.24, 2.45) is 0 Å². The van der Waals surface area contributed by atoms with Crippen molar-refractivity contribution in [3.8, 4) is 0 Å². The molecule has 2 N–H and O–H groups in total. The van der Waals surface area contributed by atoms with Crippen molar-refractivity contribution in [3.05, 3.63) is 22.4 Å². The van der Waals surface area contributed by atoms with Crippen molar-refractivity contribution < 1.29 is 14.6 Å². The van der Waals surface area contributed by atoms with Crippen LogP contribution in [0.2, 0.25) is 0 Å². The molecule has 0 spiro atoms. The molecule has 0 radical (unpaired) electrons. The molecule has 1 unspecified atom stereocenters. The summed E-state index contributed by atoms with van der Waals surface area (Å²) < 4.78 is 10.7. The molecule has 0 bridgehead atoms. The van der Waals surface area contributed by atoms with Gasteiger partial charge in [-0.15, -0.1) is 11.3 Å². The Morgan fingerprint density at radius 1 is 1.44 bits per heavy atom. The van der Waals surface area contributed by atoms with Crippen LogP contribution in [0.3, 0.4) is 0 Å². The Bertz CT molecular complexity index is 280. The van der Waals surface area contributed by atoms with E-state index in [1.54, 1.807) is 11.3 Å². The van der Waals surface area contributed by atoms with Crippen LogP contribution in [-0.2, 0) is 16.1 Å². The van der Waals surface area contributed by atoms with E-state index in [9.17, 15) is 5.11 Å². The van der Waals surface area contributed by atoms with E-state index in [4.69, 9.17) is 9.47 Å². The second kappa shape index (κ2) is 10.5. The van der Waals surface area contributed by atoms with Gasteiger partial charge in [-0.05, 0) is 31.3 Å². The predicted octanol–water partition coefficient (Wildman–Crippen LogP) is 1.64. The van der Waals surface area contributed by atoms with Crippen LogP contribution in [0.5, 0.6) is 0 Å². The van der Waals surface area contributed by atoms with Crippen molar-refractivity contribution in [3.63, 3.8) is 0 Å². The maximum atomic E-state index is 9.67. The smallest absolute Gasteiger partial charge is 0.0897 e. The zero-order chi connectivity index (χ0) is 13.1. The summed E-state index contributed by atoms with van der Waals surface area (Å²) in [5.41, 5.74) is 0. The van der Waals surface area contributed by atoms with Crippen molar-refractivity contribution >= 4 is 11.3 Å². The molecule has 0 saturated carbocycles. The van der Waals surface area contributed by atoms with Gasteiger partial charge in [0.05, 0.1) is 19.3 Å². The van der Waals surface area contributed by atoms with Crippen LogP contribution in [0.15, 0.2) is 17.5 Å². The highest BCUT2D eigenvalue weighted by Crippen LogP contribution is 2.09. The first-order chi connectivity index (χ1) is 8.83. The molecule has 1 rings (SSSR count). The average Bonchev–Trinajstić information content (AvgIpc) is 2.87. The summed E-state index contributed by atoms with van der Waals surface area (Å²) in [5.74, 6) is 0. The van der Waals surface area contributed by atoms with Gasteiger partial charge in [0.15, 0.2) is 0 Å². The summed E-state index contributed by atoms with van der Waals surface area (Å²) in [7, 11) is 0. The van der Waals surface area contributed by atoms with E-state index in [-0.39, 0.29) is 0 Å². The Hall–Kier alpha value is -0.460. The highest BCUT2D eigenvalue weighted by Gasteiger charge is 2.03. The number of hydrogen-bond acceptors (Lipinski definition) is 5. The Labute approximate surface area is 113 Å². The summed E-state index contributed by atoms with van der Waals surface area (Å²) in [4.78, 5) is 1.19. The van der Waals surface area contributed by atoms with Gasteiger partial charge in [-0.1, -0.05) is 6.07 Å². The van der Waals surface area contributed by atoms with Gasteiger partial charge in [0.2, 0.25) is 0 Å². The largest absolute Gasteiger partial charge is 0.389 e. The highest BCUT2D eigenvalue weighted by atomic mass is 32.1. The van der Waals surface area contributed by atoms with Crippen LogP contribution in [0.25, 0.3) is 0 Å². The number of aliphatic hydroxyl groups is 1. The summed E-state index contributed by atoms with van der Waals surface area (Å²) in [6.45, 7) is 5.91. The first-order valence-corrected chi connectivity index (χ1v) is 7.27. The lowest BCUT2D eigenvalue weighted by molar-refractivity contribution is 0.0296. The molecule has 0 aliphatic rings. The van der Waals surface area contributed by atoms with Gasteiger partial charge in [0.25, 0.3) is 0 Å². The molecule has 104 valence electrons. The molecule has 0 aliphatic carbocycles. The molecule has 1 aromatic rings. The van der Waals surface area contributed by atoms with Gasteiger partial charge in [-0.2, -0.15) is 0 Å². The molecule has 0 saturated heterocycles. The van der Waals surface area contributed by atoms with E-state index in [1.807, 2.05) is 24.4 Å². The van der Waals surface area contributed by atoms with E-state index in [2.05, 4.69) is 5.32 Å². The van der Waals surface area contributed by atoms with Crippen molar-refractivity contribution in [2.45, 2.75) is 26.1 Å². The Kier molecular flexibility index (Phi) is 9.06. The quantitative estimate of drug-likeness (QED) is 0.602. The standard InChI is InChI=1S/C13H23NO3S/c1-2-16-7-4-6-14-9-12(15)10-17-11-13-5-3-8-18-13/h3,5,8,12,14-15H,2,4,6-7,9-11H2,1H3. The summed E-state index contributed by atoms with van der Waals surface area (Å²) in [5, 5.41) is 14.9. The number of rotatable bonds is 11. The molecule has 4 nitrogen and oxygen atoms in total. The van der Waals surface area contributed by atoms with E-state index in [0.29, 0.717) is 19.8 Å². The van der Waals surface area contributed by atoms with Crippen LogP contribution in [0.4, 0.5) is 0 Å². The fourth-order valence-electron chi connectivity index (χ4n) is 1.46. The van der Waals surface area contributed by atoms with Crippen LogP contribution >= 0.6 is 11.3 Å². The fourth-order valence-corrected chi connectivity index (χ4v) is 2.10. The maximum absolute atomic E-state index is 9.67. The van der Waals surface area contributed by atoms with E-state index in [1.165, 1.54) is 4.88 Å². The summed E-state index contributed by atoms with van der Waals surface area (Å²) in [6, 6.07) is 4.03. The Morgan fingerprint density at radius 2 is 2.33 bits per heavy atom. The average molecular weight is 273 g/mol. The van der Waals surface area contributed by atoms with Gasteiger partial charge in [-0.25, -0.2) is 0 Å². The molecule has 1 atom stereocenters. The number of aliphatic hydroxyl groups excluding tert-OH is 1. The second-order valence-electron chi connectivity index (χ2n) is 4.00. The van der Waals surface area contributed by atoms with E-state index >= 15 is 0 Å². The molecule has 0 fully saturated rings. The monoisotopic (exact) mass is 273 g/mol. The first kappa shape index (κ1) is 15.6. The molecule has 1 aromatic heterocycles. The van der Waals surface area contributed by atoms with E-state index < -0.39 is 6.10 Å². The molecule has 18 heavy (non-hydrogen) atoms. The van der Waals surface area contributed by atoms with Crippen molar-refractivity contribution in [1.29, 1.82) is 0 Å². The minimum Gasteiger partial charge on any atom is -0.389 e. The Morgan fingerprint density at radius 3 is 3.06 bits per heavy atom. The molecular weight excluding hydrogens is 250 g/mol. The molecule has 0 aliphatic heterocycles. The van der Waals surface area contributed by atoms with Crippen molar-refractivity contribution in [1.82, 2.24) is 5.32 Å². The van der Waals surface area contributed by atoms with Crippen LogP contribution in [-0.4, -0.2) is 44.1 Å². The lowest BCUT2D eigenvalue weighted by Crippen LogP contribution is -2.31. The minimum atomic E-state index is -0.447. The molecule has 1 heterocycles. The van der Waals surface area contributed by atoms with Gasteiger partial charge in [0.1, 0.15) is 0 Å². The van der Waals surface area contributed by atoms with Crippen LogP contribution < -0.4 is 5.32 Å². The van der Waals surface area contributed by atoms with Gasteiger partial charge < -0.3 is 19.9 Å². The molecule has 0 aromatic carbocycles. The summed E-state index contributed by atoms with van der Waals surface area (Å²) in [6.07, 6.45) is 0.522. The lowest BCUT2D eigenvalue weighted by Gasteiger charge is -2.12. The fraction of sp³-hybridized carbons (Fsp3) is 0.692.